The van der Waals surface area contributed by atoms with Gasteiger partial charge in [0.2, 0.25) is 0 Å². The molecule has 0 atom stereocenters. The van der Waals surface area contributed by atoms with E-state index < -0.39 is 0 Å². The number of fused-ring (bicyclic) bond motifs is 2. The molecule has 0 fully saturated rings. The second-order valence-electron chi connectivity index (χ2n) is 9.76. The van der Waals surface area contributed by atoms with E-state index in [0.29, 0.717) is 13.3 Å². The molecule has 1 aliphatic carbocycles. The number of ether oxygens (including phenoxy) is 1. The van der Waals surface area contributed by atoms with Gasteiger partial charge < -0.3 is 15.0 Å². The SMILES string of the molecule is C[Si](C)CCOCn1ccc2c(-c3cccc(C4(CCN)Cc5ccccc5C4)c3)ncnc21. The van der Waals surface area contributed by atoms with Crippen LogP contribution in [0.25, 0.3) is 22.3 Å². The molecule has 0 saturated carbocycles. The lowest BCUT2D eigenvalue weighted by Gasteiger charge is -2.30. The number of hydrogen-bond donors (Lipinski definition) is 1. The second-order valence-corrected chi connectivity index (χ2v) is 12.7. The Morgan fingerprint density at radius 1 is 1.03 bits per heavy atom. The second kappa shape index (κ2) is 9.82. The molecule has 2 aromatic heterocycles. The Kier molecular flexibility index (Phi) is 6.63. The third-order valence-corrected chi connectivity index (χ3v) is 8.28. The first-order valence-corrected chi connectivity index (χ1v) is 14.8. The van der Waals surface area contributed by atoms with E-state index in [0.717, 1.165) is 54.2 Å². The van der Waals surface area contributed by atoms with Gasteiger partial charge in [-0.1, -0.05) is 55.6 Å². The van der Waals surface area contributed by atoms with Gasteiger partial charge >= 0.3 is 0 Å². The van der Waals surface area contributed by atoms with Crippen molar-refractivity contribution < 1.29 is 4.74 Å². The van der Waals surface area contributed by atoms with Crippen LogP contribution >= 0.6 is 0 Å². The number of rotatable bonds is 9. The summed E-state index contributed by atoms with van der Waals surface area (Å²) < 4.78 is 7.99. The number of nitrogens with zero attached hydrogens (tertiary/aromatic N) is 3. The molecule has 0 bridgehead atoms. The molecular weight excluding hydrogens is 436 g/mol. The fourth-order valence-corrected chi connectivity index (χ4v) is 5.82. The first-order chi connectivity index (χ1) is 16.6. The highest BCUT2D eigenvalue weighted by atomic mass is 28.3. The molecule has 2 heterocycles. The van der Waals surface area contributed by atoms with E-state index >= 15 is 0 Å². The minimum Gasteiger partial charge on any atom is -0.361 e. The first-order valence-electron chi connectivity index (χ1n) is 12.1. The van der Waals surface area contributed by atoms with Crippen molar-refractivity contribution in [3.05, 3.63) is 83.8 Å². The first kappa shape index (κ1) is 23.0. The molecule has 4 aromatic rings. The average molecular weight is 470 g/mol. The number of aromatic nitrogens is 3. The summed E-state index contributed by atoms with van der Waals surface area (Å²) in [7, 11) is -0.265. The molecule has 2 aromatic carbocycles. The van der Waals surface area contributed by atoms with Gasteiger partial charge in [0.1, 0.15) is 18.7 Å². The molecule has 0 saturated heterocycles. The maximum atomic E-state index is 6.12. The molecule has 2 N–H and O–H groups in total. The van der Waals surface area contributed by atoms with Gasteiger partial charge in [-0.2, -0.15) is 0 Å². The van der Waals surface area contributed by atoms with Gasteiger partial charge in [0.25, 0.3) is 0 Å². The van der Waals surface area contributed by atoms with Crippen molar-refractivity contribution in [3.8, 4) is 11.3 Å². The van der Waals surface area contributed by atoms with Gasteiger partial charge in [0.15, 0.2) is 0 Å². The molecule has 5 rings (SSSR count). The van der Waals surface area contributed by atoms with Crippen molar-refractivity contribution in [1.29, 1.82) is 0 Å². The molecule has 34 heavy (non-hydrogen) atoms. The summed E-state index contributed by atoms with van der Waals surface area (Å²) >= 11 is 0. The van der Waals surface area contributed by atoms with Crippen molar-refractivity contribution in [2.45, 2.75) is 50.5 Å². The van der Waals surface area contributed by atoms with E-state index in [1.54, 1.807) is 6.33 Å². The fraction of sp³-hybridized carbons (Fsp3) is 0.357. The predicted octanol–water partition coefficient (Wildman–Crippen LogP) is 5.21. The summed E-state index contributed by atoms with van der Waals surface area (Å²) in [4.78, 5) is 9.27. The van der Waals surface area contributed by atoms with Crippen LogP contribution in [0.4, 0.5) is 0 Å². The zero-order chi connectivity index (χ0) is 23.5. The largest absolute Gasteiger partial charge is 0.361 e. The quantitative estimate of drug-likeness (QED) is 0.270. The molecule has 5 nitrogen and oxygen atoms in total. The Bertz CT molecular complexity index is 1260. The fourth-order valence-electron chi connectivity index (χ4n) is 5.27. The van der Waals surface area contributed by atoms with Crippen LogP contribution in [0.3, 0.4) is 0 Å². The molecule has 175 valence electrons. The number of benzene rings is 2. The van der Waals surface area contributed by atoms with E-state index in [1.165, 1.54) is 16.7 Å². The van der Waals surface area contributed by atoms with Gasteiger partial charge in [-0.05, 0) is 60.7 Å². The summed E-state index contributed by atoms with van der Waals surface area (Å²) in [6.45, 7) is 6.63. The van der Waals surface area contributed by atoms with E-state index in [2.05, 4.69) is 83.4 Å². The topological polar surface area (TPSA) is 66.0 Å². The summed E-state index contributed by atoms with van der Waals surface area (Å²) in [6, 6.07) is 21.0. The van der Waals surface area contributed by atoms with E-state index in [9.17, 15) is 0 Å². The van der Waals surface area contributed by atoms with Crippen LogP contribution in [0, 0.1) is 0 Å². The minimum atomic E-state index is -0.265. The molecule has 0 aliphatic heterocycles. The van der Waals surface area contributed by atoms with Crippen molar-refractivity contribution in [3.63, 3.8) is 0 Å². The molecular formula is C28H33N4OSi. The van der Waals surface area contributed by atoms with Crippen molar-refractivity contribution >= 4 is 19.8 Å². The lowest BCUT2D eigenvalue weighted by atomic mass is 9.74. The van der Waals surface area contributed by atoms with Gasteiger partial charge in [0, 0.05) is 38.0 Å². The summed E-state index contributed by atoms with van der Waals surface area (Å²) in [6.07, 6.45) is 6.77. The molecule has 0 amide bonds. The highest BCUT2D eigenvalue weighted by Crippen LogP contribution is 2.43. The van der Waals surface area contributed by atoms with Crippen LogP contribution in [0.1, 0.15) is 23.1 Å². The summed E-state index contributed by atoms with van der Waals surface area (Å²) in [5, 5.41) is 1.06. The monoisotopic (exact) mass is 469 g/mol. The Labute approximate surface area is 203 Å². The third kappa shape index (κ3) is 4.45. The van der Waals surface area contributed by atoms with Gasteiger partial charge in [-0.25, -0.2) is 9.97 Å². The zero-order valence-electron chi connectivity index (χ0n) is 20.1. The third-order valence-electron chi connectivity index (χ3n) is 7.08. The molecule has 6 heteroatoms. The van der Waals surface area contributed by atoms with Crippen LogP contribution in [-0.2, 0) is 29.7 Å². The van der Waals surface area contributed by atoms with Gasteiger partial charge in [-0.3, -0.25) is 0 Å². The lowest BCUT2D eigenvalue weighted by Crippen LogP contribution is -2.30. The lowest BCUT2D eigenvalue weighted by molar-refractivity contribution is 0.0902. The predicted molar refractivity (Wildman–Crippen MR) is 140 cm³/mol. The maximum absolute atomic E-state index is 6.12. The Morgan fingerprint density at radius 2 is 1.82 bits per heavy atom. The van der Waals surface area contributed by atoms with Gasteiger partial charge in [0.05, 0.1) is 5.69 Å². The molecule has 1 aliphatic rings. The van der Waals surface area contributed by atoms with Crippen LogP contribution < -0.4 is 5.73 Å². The van der Waals surface area contributed by atoms with Crippen molar-refractivity contribution in [2.24, 2.45) is 5.73 Å². The van der Waals surface area contributed by atoms with E-state index in [-0.39, 0.29) is 14.2 Å². The van der Waals surface area contributed by atoms with Crippen molar-refractivity contribution in [1.82, 2.24) is 14.5 Å². The molecule has 0 spiro atoms. The standard InChI is InChI=1S/C28H33N4OSi/c1-34(2)15-14-33-20-32-13-10-25-26(30-19-31-27(25)32)21-8-5-9-24(16-21)28(11-12-29)17-22-6-3-4-7-23(22)18-28/h3-10,13,16,19H,11-12,14-15,17-18,20,29H2,1-2H3. The van der Waals surface area contributed by atoms with Crippen LogP contribution in [0.5, 0.6) is 0 Å². The van der Waals surface area contributed by atoms with Crippen LogP contribution in [0.2, 0.25) is 19.1 Å². The highest BCUT2D eigenvalue weighted by Gasteiger charge is 2.38. The highest BCUT2D eigenvalue weighted by molar-refractivity contribution is 6.55. The minimum absolute atomic E-state index is 0.0409. The number of hydrogen-bond acceptors (Lipinski definition) is 4. The Morgan fingerprint density at radius 3 is 2.56 bits per heavy atom. The summed E-state index contributed by atoms with van der Waals surface area (Å²) in [5.41, 5.74) is 13.4. The normalized spacial score (nSPS) is 14.7. The van der Waals surface area contributed by atoms with Crippen LogP contribution in [-0.4, -0.2) is 36.5 Å². The van der Waals surface area contributed by atoms with E-state index in [4.69, 9.17) is 15.5 Å². The number of nitrogens with two attached hydrogens (primary N) is 1. The molecule has 1 radical (unpaired) electrons. The maximum Gasteiger partial charge on any atom is 0.145 e. The average Bonchev–Trinajstić information content (AvgIpc) is 3.44. The van der Waals surface area contributed by atoms with Crippen LogP contribution in [0.15, 0.2) is 67.1 Å². The Balaban J connectivity index is 1.46. The van der Waals surface area contributed by atoms with Gasteiger partial charge in [-0.15, -0.1) is 0 Å². The molecule has 0 unspecified atom stereocenters. The summed E-state index contributed by atoms with van der Waals surface area (Å²) in [5.74, 6) is 0. The van der Waals surface area contributed by atoms with Crippen molar-refractivity contribution in [2.75, 3.05) is 13.2 Å². The smallest absolute Gasteiger partial charge is 0.145 e. The zero-order valence-corrected chi connectivity index (χ0v) is 21.1. The Hall–Kier alpha value is -2.80. The van der Waals surface area contributed by atoms with E-state index in [1.807, 2.05) is 0 Å².